The summed E-state index contributed by atoms with van der Waals surface area (Å²) in [4.78, 5) is 4.35. The van der Waals surface area contributed by atoms with Crippen molar-refractivity contribution in [2.24, 2.45) is 0 Å². The van der Waals surface area contributed by atoms with Gasteiger partial charge in [0, 0.05) is 24.6 Å². The van der Waals surface area contributed by atoms with Crippen molar-refractivity contribution < 1.29 is 0 Å². The topological polar surface area (TPSA) is 29.9 Å². The van der Waals surface area contributed by atoms with Gasteiger partial charge in [-0.25, -0.2) is 4.98 Å². The third kappa shape index (κ3) is 2.87. The van der Waals surface area contributed by atoms with Gasteiger partial charge in [0.2, 0.25) is 0 Å². The number of aromatic nitrogens is 2. The van der Waals surface area contributed by atoms with Gasteiger partial charge in [0.1, 0.15) is 5.82 Å². The molecule has 90 valence electrons. The molecule has 3 heteroatoms. The van der Waals surface area contributed by atoms with Crippen LogP contribution in [0.1, 0.15) is 25.2 Å². The summed E-state index contributed by atoms with van der Waals surface area (Å²) in [5.74, 6) is 1.08. The molecule has 0 unspecified atom stereocenters. The Hall–Kier alpha value is -1.77. The molecular formula is C14H19N3. The SMILES string of the molecule is CCc1cccc(NCc2nccn2CC)c1. The van der Waals surface area contributed by atoms with Crippen LogP contribution in [0.2, 0.25) is 0 Å². The Bertz CT molecular complexity index is 474. The van der Waals surface area contributed by atoms with E-state index in [9.17, 15) is 0 Å². The summed E-state index contributed by atoms with van der Waals surface area (Å²) in [5.41, 5.74) is 2.52. The van der Waals surface area contributed by atoms with Crippen LogP contribution in [0.3, 0.4) is 0 Å². The van der Waals surface area contributed by atoms with Crippen molar-refractivity contribution in [2.45, 2.75) is 33.4 Å². The first-order valence-electron chi connectivity index (χ1n) is 6.16. The summed E-state index contributed by atoms with van der Waals surface area (Å²) in [5, 5.41) is 3.41. The van der Waals surface area contributed by atoms with Crippen molar-refractivity contribution in [1.29, 1.82) is 0 Å². The van der Waals surface area contributed by atoms with Crippen molar-refractivity contribution in [1.82, 2.24) is 9.55 Å². The van der Waals surface area contributed by atoms with E-state index in [1.54, 1.807) is 0 Å². The number of benzene rings is 1. The fourth-order valence-electron chi connectivity index (χ4n) is 1.88. The van der Waals surface area contributed by atoms with E-state index in [1.165, 1.54) is 5.56 Å². The zero-order chi connectivity index (χ0) is 12.1. The number of aryl methyl sites for hydroxylation is 2. The lowest BCUT2D eigenvalue weighted by molar-refractivity contribution is 0.708. The van der Waals surface area contributed by atoms with Crippen molar-refractivity contribution in [2.75, 3.05) is 5.32 Å². The van der Waals surface area contributed by atoms with E-state index in [1.807, 2.05) is 12.4 Å². The molecule has 0 spiro atoms. The zero-order valence-electron chi connectivity index (χ0n) is 10.5. The van der Waals surface area contributed by atoms with Gasteiger partial charge in [-0.3, -0.25) is 0 Å². The molecule has 1 heterocycles. The van der Waals surface area contributed by atoms with Crippen LogP contribution >= 0.6 is 0 Å². The number of nitrogens with zero attached hydrogens (tertiary/aromatic N) is 2. The Labute approximate surface area is 103 Å². The first kappa shape index (κ1) is 11.7. The van der Waals surface area contributed by atoms with Gasteiger partial charge in [-0.15, -0.1) is 0 Å². The molecule has 0 bridgehead atoms. The fraction of sp³-hybridized carbons (Fsp3) is 0.357. The van der Waals surface area contributed by atoms with Gasteiger partial charge in [0.15, 0.2) is 0 Å². The van der Waals surface area contributed by atoms with E-state index < -0.39 is 0 Å². The van der Waals surface area contributed by atoms with Gasteiger partial charge >= 0.3 is 0 Å². The minimum atomic E-state index is 0.772. The molecule has 1 N–H and O–H groups in total. The van der Waals surface area contributed by atoms with Crippen LogP contribution in [0.5, 0.6) is 0 Å². The number of hydrogen-bond acceptors (Lipinski definition) is 2. The van der Waals surface area contributed by atoms with Crippen molar-refractivity contribution in [3.63, 3.8) is 0 Å². The van der Waals surface area contributed by atoms with Crippen LogP contribution in [-0.4, -0.2) is 9.55 Å². The van der Waals surface area contributed by atoms with Crippen LogP contribution in [0.15, 0.2) is 36.7 Å². The quantitative estimate of drug-likeness (QED) is 0.854. The first-order chi connectivity index (χ1) is 8.33. The molecule has 0 atom stereocenters. The number of nitrogens with one attached hydrogen (secondary N) is 1. The van der Waals surface area contributed by atoms with Crippen LogP contribution in [0.25, 0.3) is 0 Å². The van der Waals surface area contributed by atoms with E-state index in [0.29, 0.717) is 0 Å². The molecular weight excluding hydrogens is 210 g/mol. The monoisotopic (exact) mass is 229 g/mol. The minimum absolute atomic E-state index is 0.772. The number of imidazole rings is 1. The average Bonchev–Trinajstić information content (AvgIpc) is 2.84. The summed E-state index contributed by atoms with van der Waals surface area (Å²) in [6.45, 7) is 6.03. The summed E-state index contributed by atoms with van der Waals surface area (Å²) >= 11 is 0. The first-order valence-corrected chi connectivity index (χ1v) is 6.16. The third-order valence-corrected chi connectivity index (χ3v) is 2.93. The molecule has 0 saturated heterocycles. The molecule has 0 aliphatic rings. The lowest BCUT2D eigenvalue weighted by Gasteiger charge is -2.08. The molecule has 2 rings (SSSR count). The highest BCUT2D eigenvalue weighted by atomic mass is 15.1. The maximum absolute atomic E-state index is 4.35. The maximum Gasteiger partial charge on any atom is 0.128 e. The van der Waals surface area contributed by atoms with E-state index in [2.05, 4.69) is 53.0 Å². The van der Waals surface area contributed by atoms with Crippen LogP contribution in [0.4, 0.5) is 5.69 Å². The third-order valence-electron chi connectivity index (χ3n) is 2.93. The summed E-state index contributed by atoms with van der Waals surface area (Å²) < 4.78 is 2.15. The van der Waals surface area contributed by atoms with Crippen molar-refractivity contribution >= 4 is 5.69 Å². The standard InChI is InChI=1S/C14H19N3/c1-3-12-6-5-7-13(10-12)16-11-14-15-8-9-17(14)4-2/h5-10,16H,3-4,11H2,1-2H3. The molecule has 17 heavy (non-hydrogen) atoms. The lowest BCUT2D eigenvalue weighted by atomic mass is 10.1. The molecule has 3 nitrogen and oxygen atoms in total. The molecule has 0 radical (unpaired) electrons. The van der Waals surface area contributed by atoms with Crippen molar-refractivity contribution in [3.05, 3.63) is 48.0 Å². The Morgan fingerprint density at radius 1 is 1.29 bits per heavy atom. The summed E-state index contributed by atoms with van der Waals surface area (Å²) in [7, 11) is 0. The lowest BCUT2D eigenvalue weighted by Crippen LogP contribution is -2.07. The minimum Gasteiger partial charge on any atom is -0.378 e. The van der Waals surface area contributed by atoms with Crippen LogP contribution in [0, 0.1) is 0 Å². The second-order valence-corrected chi connectivity index (χ2v) is 4.04. The highest BCUT2D eigenvalue weighted by molar-refractivity contribution is 5.45. The largest absolute Gasteiger partial charge is 0.378 e. The Morgan fingerprint density at radius 2 is 2.18 bits per heavy atom. The van der Waals surface area contributed by atoms with Gasteiger partial charge in [0.25, 0.3) is 0 Å². The molecule has 2 aromatic rings. The fourth-order valence-corrected chi connectivity index (χ4v) is 1.88. The smallest absolute Gasteiger partial charge is 0.128 e. The average molecular weight is 229 g/mol. The molecule has 1 aromatic heterocycles. The Morgan fingerprint density at radius 3 is 2.94 bits per heavy atom. The molecule has 0 saturated carbocycles. The predicted octanol–water partition coefficient (Wildman–Crippen LogP) is 3.08. The normalized spacial score (nSPS) is 10.5. The Kier molecular flexibility index (Phi) is 3.81. The molecule has 0 fully saturated rings. The second kappa shape index (κ2) is 5.53. The number of anilines is 1. The number of hydrogen-bond donors (Lipinski definition) is 1. The summed E-state index contributed by atoms with van der Waals surface area (Å²) in [6, 6.07) is 8.53. The van der Waals surface area contributed by atoms with E-state index in [4.69, 9.17) is 0 Å². The van der Waals surface area contributed by atoms with Crippen LogP contribution in [-0.2, 0) is 19.5 Å². The summed E-state index contributed by atoms with van der Waals surface area (Å²) in [6.07, 6.45) is 4.93. The number of rotatable bonds is 5. The van der Waals surface area contributed by atoms with E-state index in [0.717, 1.165) is 31.0 Å². The molecule has 0 amide bonds. The van der Waals surface area contributed by atoms with E-state index >= 15 is 0 Å². The molecule has 1 aromatic carbocycles. The second-order valence-electron chi connectivity index (χ2n) is 4.04. The highest BCUT2D eigenvalue weighted by Gasteiger charge is 2.00. The zero-order valence-corrected chi connectivity index (χ0v) is 10.5. The maximum atomic E-state index is 4.35. The highest BCUT2D eigenvalue weighted by Crippen LogP contribution is 2.12. The Balaban J connectivity index is 2.02. The van der Waals surface area contributed by atoms with E-state index in [-0.39, 0.29) is 0 Å². The predicted molar refractivity (Wildman–Crippen MR) is 71.0 cm³/mol. The van der Waals surface area contributed by atoms with Gasteiger partial charge < -0.3 is 9.88 Å². The van der Waals surface area contributed by atoms with Crippen molar-refractivity contribution in [3.8, 4) is 0 Å². The van der Waals surface area contributed by atoms with Gasteiger partial charge in [-0.2, -0.15) is 0 Å². The molecule has 0 aliphatic heterocycles. The van der Waals surface area contributed by atoms with Gasteiger partial charge in [-0.1, -0.05) is 19.1 Å². The molecule has 0 aliphatic carbocycles. The van der Waals surface area contributed by atoms with Gasteiger partial charge in [0.05, 0.1) is 6.54 Å². The van der Waals surface area contributed by atoms with Crippen LogP contribution < -0.4 is 5.32 Å². The van der Waals surface area contributed by atoms with Gasteiger partial charge in [-0.05, 0) is 31.0 Å².